The van der Waals surface area contributed by atoms with Crippen molar-refractivity contribution in [3.05, 3.63) is 58.1 Å². The number of likely N-dealkylation sites (tertiary alicyclic amines) is 1. The van der Waals surface area contributed by atoms with Crippen LogP contribution >= 0.6 is 23.2 Å². The van der Waals surface area contributed by atoms with Gasteiger partial charge in [-0.1, -0.05) is 35.3 Å². The van der Waals surface area contributed by atoms with Crippen molar-refractivity contribution in [2.75, 3.05) is 20.1 Å². The summed E-state index contributed by atoms with van der Waals surface area (Å²) in [6, 6.07) is 13.1. The lowest BCUT2D eigenvalue weighted by Gasteiger charge is -2.30. The number of nitrogens with zero attached hydrogens (tertiary/aromatic N) is 1. The number of hydrogen-bond acceptors (Lipinski definition) is 2. The van der Waals surface area contributed by atoms with E-state index in [1.165, 1.54) is 0 Å². The molecule has 0 aliphatic carbocycles. The molecule has 0 saturated carbocycles. The molecular formula is C19H20Cl2N2O. The van der Waals surface area contributed by atoms with Gasteiger partial charge in [-0.05, 0) is 67.9 Å². The number of rotatable bonds is 3. The van der Waals surface area contributed by atoms with E-state index in [1.54, 1.807) is 6.07 Å². The molecule has 0 spiro atoms. The van der Waals surface area contributed by atoms with Gasteiger partial charge in [0.1, 0.15) is 0 Å². The van der Waals surface area contributed by atoms with Crippen LogP contribution in [-0.2, 0) is 0 Å². The minimum absolute atomic E-state index is 0.0368. The van der Waals surface area contributed by atoms with Crippen molar-refractivity contribution in [1.82, 2.24) is 10.2 Å². The summed E-state index contributed by atoms with van der Waals surface area (Å²) in [6.45, 7) is 1.99. The van der Waals surface area contributed by atoms with E-state index in [4.69, 9.17) is 23.2 Å². The summed E-state index contributed by atoms with van der Waals surface area (Å²) in [7, 11) is 2.09. The average molecular weight is 363 g/mol. The maximum absolute atomic E-state index is 12.6. The fourth-order valence-electron chi connectivity index (χ4n) is 3.11. The molecule has 1 N–H and O–H groups in total. The molecule has 2 aromatic carbocycles. The highest BCUT2D eigenvalue weighted by Gasteiger charge is 2.19. The summed E-state index contributed by atoms with van der Waals surface area (Å²) in [5.41, 5.74) is 2.48. The molecule has 1 amide bonds. The van der Waals surface area contributed by atoms with Gasteiger partial charge in [-0.15, -0.1) is 0 Å². The Labute approximate surface area is 152 Å². The minimum atomic E-state index is -0.0368. The van der Waals surface area contributed by atoms with Crippen LogP contribution in [0.25, 0.3) is 11.1 Å². The van der Waals surface area contributed by atoms with E-state index in [1.807, 2.05) is 36.4 Å². The van der Waals surface area contributed by atoms with Crippen molar-refractivity contribution in [3.63, 3.8) is 0 Å². The lowest BCUT2D eigenvalue weighted by molar-refractivity contribution is 0.0912. The molecule has 1 fully saturated rings. The maximum Gasteiger partial charge on any atom is 0.251 e. The summed E-state index contributed by atoms with van der Waals surface area (Å²) in [5, 5.41) is 4.30. The predicted octanol–water partition coefficient (Wildman–Crippen LogP) is 4.48. The molecule has 3 rings (SSSR count). The van der Waals surface area contributed by atoms with Gasteiger partial charge in [0.05, 0.1) is 0 Å². The fraction of sp³-hybridized carbons (Fsp3) is 0.316. The summed E-state index contributed by atoms with van der Waals surface area (Å²) < 4.78 is 0. The van der Waals surface area contributed by atoms with Gasteiger partial charge in [-0.25, -0.2) is 0 Å². The van der Waals surface area contributed by atoms with Gasteiger partial charge >= 0.3 is 0 Å². The van der Waals surface area contributed by atoms with Crippen molar-refractivity contribution in [3.8, 4) is 11.1 Å². The molecule has 0 radical (unpaired) electrons. The molecule has 1 saturated heterocycles. The maximum atomic E-state index is 12.6. The molecule has 0 aromatic heterocycles. The topological polar surface area (TPSA) is 32.3 Å². The minimum Gasteiger partial charge on any atom is -0.348 e. The number of carbonyl (C=O) groups is 1. The highest BCUT2D eigenvalue weighted by atomic mass is 35.5. The Morgan fingerprint density at radius 2 is 1.88 bits per heavy atom. The lowest BCUT2D eigenvalue weighted by Crippen LogP contribution is -2.46. The van der Waals surface area contributed by atoms with Crippen LogP contribution in [0.15, 0.2) is 42.5 Å². The monoisotopic (exact) mass is 362 g/mol. The largest absolute Gasteiger partial charge is 0.348 e. The van der Waals surface area contributed by atoms with Crippen LogP contribution in [0.2, 0.25) is 10.0 Å². The van der Waals surface area contributed by atoms with Crippen molar-refractivity contribution in [1.29, 1.82) is 0 Å². The Kier molecular flexibility index (Phi) is 5.44. The van der Waals surface area contributed by atoms with Crippen LogP contribution in [0.5, 0.6) is 0 Å². The van der Waals surface area contributed by atoms with Gasteiger partial charge in [0, 0.05) is 28.2 Å². The Morgan fingerprint density at radius 1 is 1.12 bits per heavy atom. The van der Waals surface area contributed by atoms with E-state index in [0.29, 0.717) is 15.6 Å². The molecular weight excluding hydrogens is 343 g/mol. The van der Waals surface area contributed by atoms with E-state index >= 15 is 0 Å². The van der Waals surface area contributed by atoms with Gasteiger partial charge in [0.15, 0.2) is 0 Å². The molecule has 1 heterocycles. The van der Waals surface area contributed by atoms with Crippen LogP contribution in [0.3, 0.4) is 0 Å². The normalized spacial score (nSPS) is 18.4. The Morgan fingerprint density at radius 3 is 2.58 bits per heavy atom. The summed E-state index contributed by atoms with van der Waals surface area (Å²) >= 11 is 12.2. The second kappa shape index (κ2) is 7.56. The highest BCUT2D eigenvalue weighted by molar-refractivity contribution is 6.35. The number of hydrogen-bond donors (Lipinski definition) is 1. The Hall–Kier alpha value is -1.55. The van der Waals surface area contributed by atoms with Crippen LogP contribution in [0, 0.1) is 0 Å². The zero-order valence-electron chi connectivity index (χ0n) is 13.6. The first kappa shape index (κ1) is 17.3. The van der Waals surface area contributed by atoms with Crippen LogP contribution < -0.4 is 5.32 Å². The molecule has 1 unspecified atom stereocenters. The van der Waals surface area contributed by atoms with E-state index in [-0.39, 0.29) is 11.9 Å². The highest BCUT2D eigenvalue weighted by Crippen LogP contribution is 2.27. The fourth-order valence-corrected chi connectivity index (χ4v) is 3.64. The summed E-state index contributed by atoms with van der Waals surface area (Å²) in [6.07, 6.45) is 2.14. The van der Waals surface area contributed by atoms with Gasteiger partial charge in [0.25, 0.3) is 5.91 Å². The Bertz CT molecular complexity index is 728. The lowest BCUT2D eigenvalue weighted by atomic mass is 10.0. The third-order valence-electron chi connectivity index (χ3n) is 4.28. The number of benzene rings is 2. The first-order valence-corrected chi connectivity index (χ1v) is 8.83. The third-order valence-corrected chi connectivity index (χ3v) is 4.72. The SMILES string of the molecule is CN1CCCC(NC(=O)c2cccc(-c3cc(Cl)cc(Cl)c3)c2)C1. The molecule has 3 nitrogen and oxygen atoms in total. The smallest absolute Gasteiger partial charge is 0.251 e. The number of amides is 1. The van der Waals surface area contributed by atoms with Crippen LogP contribution in [0.1, 0.15) is 23.2 Å². The molecule has 1 atom stereocenters. The third kappa shape index (κ3) is 4.29. The summed E-state index contributed by atoms with van der Waals surface area (Å²) in [5.74, 6) is -0.0368. The van der Waals surface area contributed by atoms with Crippen molar-refractivity contribution in [2.45, 2.75) is 18.9 Å². The van der Waals surface area contributed by atoms with Crippen molar-refractivity contribution >= 4 is 29.1 Å². The van der Waals surface area contributed by atoms with E-state index < -0.39 is 0 Å². The average Bonchev–Trinajstić information content (AvgIpc) is 2.54. The van der Waals surface area contributed by atoms with E-state index in [2.05, 4.69) is 17.3 Å². The summed E-state index contributed by atoms with van der Waals surface area (Å²) in [4.78, 5) is 14.8. The van der Waals surface area contributed by atoms with E-state index in [9.17, 15) is 4.79 Å². The number of carbonyl (C=O) groups excluding carboxylic acids is 1. The zero-order valence-corrected chi connectivity index (χ0v) is 15.1. The number of halogens is 2. The molecule has 126 valence electrons. The second-order valence-electron chi connectivity index (χ2n) is 6.31. The number of piperidine rings is 1. The molecule has 1 aliphatic heterocycles. The molecule has 24 heavy (non-hydrogen) atoms. The van der Waals surface area contributed by atoms with Crippen LogP contribution in [-0.4, -0.2) is 37.0 Å². The van der Waals surface area contributed by atoms with Crippen molar-refractivity contribution in [2.24, 2.45) is 0 Å². The first-order chi connectivity index (χ1) is 11.5. The molecule has 0 bridgehead atoms. The van der Waals surface area contributed by atoms with Gasteiger partial charge in [-0.2, -0.15) is 0 Å². The van der Waals surface area contributed by atoms with Crippen molar-refractivity contribution < 1.29 is 4.79 Å². The second-order valence-corrected chi connectivity index (χ2v) is 7.19. The van der Waals surface area contributed by atoms with E-state index in [0.717, 1.165) is 37.1 Å². The molecule has 2 aromatic rings. The van der Waals surface area contributed by atoms with Crippen LogP contribution in [0.4, 0.5) is 0 Å². The quantitative estimate of drug-likeness (QED) is 0.872. The van der Waals surface area contributed by atoms with Gasteiger partial charge in [0.2, 0.25) is 0 Å². The Balaban J connectivity index is 1.78. The number of likely N-dealkylation sites (N-methyl/N-ethyl adjacent to an activating group) is 1. The zero-order chi connectivity index (χ0) is 17.1. The molecule has 1 aliphatic rings. The van der Waals surface area contributed by atoms with Gasteiger partial charge < -0.3 is 10.2 Å². The molecule has 5 heteroatoms. The number of nitrogens with one attached hydrogen (secondary N) is 1. The predicted molar refractivity (Wildman–Crippen MR) is 99.9 cm³/mol. The first-order valence-electron chi connectivity index (χ1n) is 8.07. The standard InChI is InChI=1S/C19H20Cl2N2O/c1-23-7-3-6-18(12-23)22-19(24)14-5-2-4-13(8-14)15-9-16(20)11-17(21)10-15/h2,4-5,8-11,18H,3,6-7,12H2,1H3,(H,22,24). The van der Waals surface area contributed by atoms with Gasteiger partial charge in [-0.3, -0.25) is 4.79 Å².